The molecule has 4 rings (SSSR count). The standard InChI is InChI=1S/C29H30O3/c1-19-17-23(32-4)15-16-24(19)25(30)18-29(3)27(22-13-9-6-10-14-22)26(20(2)28(29)31)21-11-7-5-8-12-21/h5-17,20,26-27H,18H2,1-4H3/t20-,26+,27+,29-/m0/s1. The van der Waals surface area contributed by atoms with Crippen molar-refractivity contribution in [1.29, 1.82) is 0 Å². The van der Waals surface area contributed by atoms with E-state index in [9.17, 15) is 9.59 Å². The molecule has 164 valence electrons. The van der Waals surface area contributed by atoms with Gasteiger partial charge in [0.1, 0.15) is 11.5 Å². The lowest BCUT2D eigenvalue weighted by Gasteiger charge is -2.33. The van der Waals surface area contributed by atoms with E-state index < -0.39 is 5.41 Å². The van der Waals surface area contributed by atoms with E-state index >= 15 is 0 Å². The first kappa shape index (κ1) is 22.0. The molecule has 0 bridgehead atoms. The monoisotopic (exact) mass is 426 g/mol. The summed E-state index contributed by atoms with van der Waals surface area (Å²) in [5, 5.41) is 0. The molecule has 32 heavy (non-hydrogen) atoms. The first-order valence-corrected chi connectivity index (χ1v) is 11.2. The largest absolute Gasteiger partial charge is 0.497 e. The van der Waals surface area contributed by atoms with E-state index in [0.717, 1.165) is 22.4 Å². The van der Waals surface area contributed by atoms with Gasteiger partial charge in [-0.1, -0.05) is 74.5 Å². The number of ether oxygens (including phenoxy) is 1. The van der Waals surface area contributed by atoms with Crippen molar-refractivity contribution in [2.24, 2.45) is 11.3 Å². The lowest BCUT2D eigenvalue weighted by molar-refractivity contribution is -0.128. The van der Waals surface area contributed by atoms with Gasteiger partial charge in [0.05, 0.1) is 7.11 Å². The summed E-state index contributed by atoms with van der Waals surface area (Å²) in [6.07, 6.45) is 0.187. The van der Waals surface area contributed by atoms with Crippen molar-refractivity contribution >= 4 is 11.6 Å². The fourth-order valence-electron chi connectivity index (χ4n) is 5.62. The molecule has 0 N–H and O–H groups in total. The molecule has 1 aliphatic rings. The quantitative estimate of drug-likeness (QED) is 0.430. The maximum absolute atomic E-state index is 13.8. The first-order valence-electron chi connectivity index (χ1n) is 11.2. The molecular formula is C29H30O3. The Labute approximate surface area is 190 Å². The van der Waals surface area contributed by atoms with Crippen molar-refractivity contribution < 1.29 is 14.3 Å². The predicted molar refractivity (Wildman–Crippen MR) is 127 cm³/mol. The Morgan fingerprint density at radius 3 is 2.09 bits per heavy atom. The van der Waals surface area contributed by atoms with Gasteiger partial charge in [-0.25, -0.2) is 0 Å². The Bertz CT molecular complexity index is 1120. The fourth-order valence-corrected chi connectivity index (χ4v) is 5.62. The van der Waals surface area contributed by atoms with Crippen LogP contribution in [0.15, 0.2) is 78.9 Å². The van der Waals surface area contributed by atoms with Crippen LogP contribution < -0.4 is 4.74 Å². The summed E-state index contributed by atoms with van der Waals surface area (Å²) in [5.41, 5.74) is 3.00. The highest BCUT2D eigenvalue weighted by Gasteiger charge is 2.57. The Morgan fingerprint density at radius 1 is 0.938 bits per heavy atom. The fraction of sp³-hybridized carbons (Fsp3) is 0.310. The first-order chi connectivity index (χ1) is 15.4. The number of methoxy groups -OCH3 is 1. The van der Waals surface area contributed by atoms with Gasteiger partial charge in [-0.05, 0) is 41.8 Å². The van der Waals surface area contributed by atoms with Crippen LogP contribution in [0.25, 0.3) is 0 Å². The molecule has 3 aromatic carbocycles. The van der Waals surface area contributed by atoms with Gasteiger partial charge in [0, 0.05) is 35.2 Å². The molecule has 3 nitrogen and oxygen atoms in total. The summed E-state index contributed by atoms with van der Waals surface area (Å²) in [5.74, 6) is 0.680. The summed E-state index contributed by atoms with van der Waals surface area (Å²) in [6.45, 7) is 5.92. The highest BCUT2D eigenvalue weighted by molar-refractivity contribution is 6.03. The van der Waals surface area contributed by atoms with Gasteiger partial charge in [-0.15, -0.1) is 0 Å². The van der Waals surface area contributed by atoms with Crippen LogP contribution in [0.4, 0.5) is 0 Å². The summed E-state index contributed by atoms with van der Waals surface area (Å²) in [6, 6.07) is 25.9. The van der Waals surface area contributed by atoms with Gasteiger partial charge in [-0.3, -0.25) is 9.59 Å². The third kappa shape index (κ3) is 3.77. The van der Waals surface area contributed by atoms with Gasteiger partial charge in [0.2, 0.25) is 0 Å². The van der Waals surface area contributed by atoms with Crippen molar-refractivity contribution in [3.05, 3.63) is 101 Å². The molecule has 3 aromatic rings. The van der Waals surface area contributed by atoms with E-state index in [1.807, 2.05) is 75.4 Å². The molecule has 1 saturated carbocycles. The molecule has 0 unspecified atom stereocenters. The lowest BCUT2D eigenvalue weighted by Crippen LogP contribution is -2.32. The Morgan fingerprint density at radius 2 is 1.53 bits per heavy atom. The maximum atomic E-state index is 13.8. The Balaban J connectivity index is 1.78. The number of ketones is 2. The average molecular weight is 427 g/mol. The maximum Gasteiger partial charge on any atom is 0.164 e. The number of rotatable bonds is 6. The summed E-state index contributed by atoms with van der Waals surface area (Å²) < 4.78 is 5.29. The van der Waals surface area contributed by atoms with Gasteiger partial charge < -0.3 is 4.74 Å². The van der Waals surface area contributed by atoms with Crippen LogP contribution in [0.2, 0.25) is 0 Å². The molecule has 0 amide bonds. The highest BCUT2D eigenvalue weighted by Crippen LogP contribution is 2.59. The Kier molecular flexibility index (Phi) is 6.01. The summed E-state index contributed by atoms with van der Waals surface area (Å²) >= 11 is 0. The zero-order valence-electron chi connectivity index (χ0n) is 19.2. The second-order valence-electron chi connectivity index (χ2n) is 9.18. The van der Waals surface area contributed by atoms with Crippen molar-refractivity contribution in [1.82, 2.24) is 0 Å². The molecule has 3 heteroatoms. The summed E-state index contributed by atoms with van der Waals surface area (Å²) in [7, 11) is 1.62. The van der Waals surface area contributed by atoms with Crippen LogP contribution in [-0.2, 0) is 4.79 Å². The molecule has 0 aromatic heterocycles. The van der Waals surface area contributed by atoms with Crippen LogP contribution in [-0.4, -0.2) is 18.7 Å². The van der Waals surface area contributed by atoms with E-state index in [-0.39, 0.29) is 35.7 Å². The summed E-state index contributed by atoms with van der Waals surface area (Å²) in [4.78, 5) is 27.3. The molecule has 0 saturated heterocycles. The third-order valence-corrected chi connectivity index (χ3v) is 7.17. The SMILES string of the molecule is COc1ccc(C(=O)C[C@]2(C)C(=O)[C@@H](C)[C@H](c3ccccc3)[C@H]2c2ccccc2)c(C)c1. The molecule has 0 aliphatic heterocycles. The van der Waals surface area contributed by atoms with Gasteiger partial charge in [0.25, 0.3) is 0 Å². The highest BCUT2D eigenvalue weighted by atomic mass is 16.5. The minimum absolute atomic E-state index is 0.00264. The van der Waals surface area contributed by atoms with Crippen molar-refractivity contribution in [2.75, 3.05) is 7.11 Å². The van der Waals surface area contributed by atoms with E-state index in [4.69, 9.17) is 4.74 Å². The molecule has 1 fully saturated rings. The number of hydrogen-bond acceptors (Lipinski definition) is 3. The van der Waals surface area contributed by atoms with Crippen LogP contribution in [0.1, 0.15) is 59.2 Å². The molecule has 0 heterocycles. The van der Waals surface area contributed by atoms with E-state index in [2.05, 4.69) is 24.3 Å². The number of hydrogen-bond donors (Lipinski definition) is 0. The average Bonchev–Trinajstić information content (AvgIpc) is 3.00. The number of carbonyl (C=O) groups is 2. The van der Waals surface area contributed by atoms with Crippen LogP contribution in [0.5, 0.6) is 5.75 Å². The van der Waals surface area contributed by atoms with E-state index in [0.29, 0.717) is 5.56 Å². The minimum atomic E-state index is -0.787. The predicted octanol–water partition coefficient (Wildman–Crippen LogP) is 6.37. The van der Waals surface area contributed by atoms with Crippen LogP contribution >= 0.6 is 0 Å². The van der Waals surface area contributed by atoms with Crippen molar-refractivity contribution in [3.8, 4) is 5.75 Å². The normalized spacial score (nSPS) is 25.0. The van der Waals surface area contributed by atoms with E-state index in [1.165, 1.54) is 0 Å². The second-order valence-corrected chi connectivity index (χ2v) is 9.18. The lowest BCUT2D eigenvalue weighted by atomic mass is 9.68. The zero-order valence-corrected chi connectivity index (χ0v) is 19.2. The van der Waals surface area contributed by atoms with Gasteiger partial charge in [-0.2, -0.15) is 0 Å². The van der Waals surface area contributed by atoms with E-state index in [1.54, 1.807) is 7.11 Å². The number of benzene rings is 3. The zero-order chi connectivity index (χ0) is 22.9. The molecular weight excluding hydrogens is 396 g/mol. The smallest absolute Gasteiger partial charge is 0.164 e. The molecule has 4 atom stereocenters. The van der Waals surface area contributed by atoms with Crippen molar-refractivity contribution in [3.63, 3.8) is 0 Å². The second kappa shape index (κ2) is 8.74. The number of carbonyl (C=O) groups excluding carboxylic acids is 2. The number of Topliss-reactive ketones (excluding diaryl/α,β-unsaturated/α-hetero) is 2. The Hall–Kier alpha value is -3.20. The van der Waals surface area contributed by atoms with Crippen molar-refractivity contribution in [2.45, 2.75) is 39.0 Å². The van der Waals surface area contributed by atoms with Crippen LogP contribution in [0.3, 0.4) is 0 Å². The molecule has 0 spiro atoms. The van der Waals surface area contributed by atoms with Gasteiger partial charge >= 0.3 is 0 Å². The minimum Gasteiger partial charge on any atom is -0.497 e. The third-order valence-electron chi connectivity index (χ3n) is 7.17. The van der Waals surface area contributed by atoms with Crippen LogP contribution in [0, 0.1) is 18.3 Å². The number of aryl methyl sites for hydroxylation is 1. The van der Waals surface area contributed by atoms with Gasteiger partial charge in [0.15, 0.2) is 5.78 Å². The molecule has 1 aliphatic carbocycles. The topological polar surface area (TPSA) is 43.4 Å². The molecule has 0 radical (unpaired) electrons.